The molecule has 7 nitrogen and oxygen atoms in total. The van der Waals surface area contributed by atoms with Crippen LogP contribution in [0.1, 0.15) is 58.8 Å². The molecule has 8 heteroatoms. The van der Waals surface area contributed by atoms with Crippen molar-refractivity contribution in [2.24, 2.45) is 0 Å². The molecule has 0 radical (unpaired) electrons. The summed E-state index contributed by atoms with van der Waals surface area (Å²) in [7, 11) is 0. The summed E-state index contributed by atoms with van der Waals surface area (Å²) in [5.41, 5.74) is 0.250. The topological polar surface area (TPSA) is 71.7 Å². The number of halogens is 1. The summed E-state index contributed by atoms with van der Waals surface area (Å²) in [6, 6.07) is 7.88. The largest absolute Gasteiger partial charge is 0.444 e. The van der Waals surface area contributed by atoms with Crippen LogP contribution >= 0.6 is 11.6 Å². The van der Waals surface area contributed by atoms with E-state index in [1.54, 1.807) is 0 Å². The van der Waals surface area contributed by atoms with Gasteiger partial charge in [0.25, 0.3) is 0 Å². The Balaban J connectivity index is 1.48. The zero-order valence-corrected chi connectivity index (χ0v) is 19.3. The van der Waals surface area contributed by atoms with Gasteiger partial charge in [0.15, 0.2) is 0 Å². The minimum Gasteiger partial charge on any atom is -0.444 e. The van der Waals surface area contributed by atoms with E-state index in [2.05, 4.69) is 15.1 Å². The molecule has 0 aliphatic carbocycles. The molecule has 31 heavy (non-hydrogen) atoms. The normalized spacial score (nSPS) is 22.6. The van der Waals surface area contributed by atoms with Crippen molar-refractivity contribution >= 4 is 17.7 Å². The number of hydrogen-bond acceptors (Lipinski definition) is 6. The van der Waals surface area contributed by atoms with E-state index in [0.717, 1.165) is 50.8 Å². The summed E-state index contributed by atoms with van der Waals surface area (Å²) in [6.07, 6.45) is 5.13. The van der Waals surface area contributed by atoms with Gasteiger partial charge in [-0.15, -0.1) is 10.2 Å². The molecule has 2 aliphatic rings. The summed E-state index contributed by atoms with van der Waals surface area (Å²) in [5.74, 6) is 1.01. The number of hydrogen-bond donors (Lipinski definition) is 0. The monoisotopic (exact) mass is 446 g/mol. The van der Waals surface area contributed by atoms with Crippen molar-refractivity contribution in [3.63, 3.8) is 0 Å². The lowest BCUT2D eigenvalue weighted by Crippen LogP contribution is -2.53. The van der Waals surface area contributed by atoms with Crippen molar-refractivity contribution in [1.82, 2.24) is 20.0 Å². The third-order valence-corrected chi connectivity index (χ3v) is 6.27. The van der Waals surface area contributed by atoms with Gasteiger partial charge in [-0.05, 0) is 65.1 Å². The highest BCUT2D eigenvalue weighted by atomic mass is 35.5. The fraction of sp³-hybridized carbons (Fsp3) is 0.609. The highest BCUT2D eigenvalue weighted by Crippen LogP contribution is 2.32. The molecule has 168 valence electrons. The molecule has 2 saturated heterocycles. The first kappa shape index (κ1) is 22.1. The average Bonchev–Trinajstić information content (AvgIpc) is 3.37. The van der Waals surface area contributed by atoms with Crippen LogP contribution in [0, 0.1) is 0 Å². The molecule has 0 saturated carbocycles. The molecule has 0 spiro atoms. The number of aromatic nitrogens is 2. The first-order valence-electron chi connectivity index (χ1n) is 11.1. The predicted molar refractivity (Wildman–Crippen MR) is 119 cm³/mol. The number of rotatable bonds is 4. The number of nitrogens with zero attached hydrogens (tertiary/aromatic N) is 4. The van der Waals surface area contributed by atoms with Crippen molar-refractivity contribution in [1.29, 1.82) is 0 Å². The van der Waals surface area contributed by atoms with Crippen LogP contribution in [0.4, 0.5) is 4.79 Å². The third-order valence-electron chi connectivity index (χ3n) is 5.95. The van der Waals surface area contributed by atoms with Gasteiger partial charge in [0.05, 0.1) is 23.2 Å². The molecular formula is C23H31ClN4O3. The number of carbonyl (C=O) groups is 1. The highest BCUT2D eigenvalue weighted by molar-refractivity contribution is 6.33. The van der Waals surface area contributed by atoms with Crippen LogP contribution in [0.3, 0.4) is 0 Å². The molecule has 3 heterocycles. The van der Waals surface area contributed by atoms with Gasteiger partial charge in [0.1, 0.15) is 5.60 Å². The molecular weight excluding hydrogens is 416 g/mol. The van der Waals surface area contributed by atoms with E-state index in [1.807, 2.05) is 49.9 Å². The lowest BCUT2D eigenvalue weighted by Gasteiger charge is -2.41. The number of ether oxygens (including phenoxy) is 1. The molecule has 1 amide bonds. The van der Waals surface area contributed by atoms with Crippen LogP contribution < -0.4 is 0 Å². The molecule has 1 aromatic carbocycles. The summed E-state index contributed by atoms with van der Waals surface area (Å²) in [6.45, 7) is 8.01. The molecule has 4 rings (SSSR count). The molecule has 2 aliphatic heterocycles. The van der Waals surface area contributed by atoms with E-state index >= 15 is 0 Å². The second kappa shape index (κ2) is 9.17. The lowest BCUT2D eigenvalue weighted by molar-refractivity contribution is 0.00540. The maximum absolute atomic E-state index is 12.8. The molecule has 0 N–H and O–H groups in total. The van der Waals surface area contributed by atoms with E-state index in [-0.39, 0.29) is 18.2 Å². The van der Waals surface area contributed by atoms with E-state index in [9.17, 15) is 4.79 Å². The number of benzene rings is 1. The van der Waals surface area contributed by atoms with Crippen LogP contribution in [0.25, 0.3) is 11.5 Å². The Kier molecular flexibility index (Phi) is 6.53. The summed E-state index contributed by atoms with van der Waals surface area (Å²) >= 11 is 6.27. The van der Waals surface area contributed by atoms with Crippen LogP contribution in [0.15, 0.2) is 28.7 Å². The van der Waals surface area contributed by atoms with E-state index in [4.69, 9.17) is 20.8 Å². The Morgan fingerprint density at radius 1 is 1.13 bits per heavy atom. The predicted octanol–water partition coefficient (Wildman–Crippen LogP) is 5.14. The molecule has 2 aromatic rings. The van der Waals surface area contributed by atoms with Crippen molar-refractivity contribution in [2.45, 2.75) is 77.1 Å². The van der Waals surface area contributed by atoms with Gasteiger partial charge in [0.2, 0.25) is 11.8 Å². The molecule has 2 atom stereocenters. The second-order valence-electron chi connectivity index (χ2n) is 9.40. The van der Waals surface area contributed by atoms with E-state index < -0.39 is 5.60 Å². The van der Waals surface area contributed by atoms with Crippen molar-refractivity contribution in [3.05, 3.63) is 35.2 Å². The Bertz CT molecular complexity index is 910. The molecule has 0 unspecified atom stereocenters. The number of amides is 1. The Hall–Kier alpha value is -2.12. The zero-order valence-electron chi connectivity index (χ0n) is 18.5. The number of carbonyl (C=O) groups excluding carboxylic acids is 1. The Morgan fingerprint density at radius 3 is 2.68 bits per heavy atom. The first-order chi connectivity index (χ1) is 14.8. The van der Waals surface area contributed by atoms with Gasteiger partial charge < -0.3 is 14.1 Å². The minimum absolute atomic E-state index is 0.154. The van der Waals surface area contributed by atoms with Gasteiger partial charge in [-0.3, -0.25) is 4.90 Å². The maximum Gasteiger partial charge on any atom is 0.410 e. The van der Waals surface area contributed by atoms with Crippen LogP contribution in [0.5, 0.6) is 0 Å². The third kappa shape index (κ3) is 5.21. The molecule has 2 fully saturated rings. The summed E-state index contributed by atoms with van der Waals surface area (Å²) in [5, 5.41) is 9.07. The lowest BCUT2D eigenvalue weighted by atomic mass is 9.94. The van der Waals surface area contributed by atoms with Crippen molar-refractivity contribution in [2.75, 3.05) is 13.1 Å². The van der Waals surface area contributed by atoms with Crippen molar-refractivity contribution < 1.29 is 13.9 Å². The summed E-state index contributed by atoms with van der Waals surface area (Å²) in [4.78, 5) is 17.1. The van der Waals surface area contributed by atoms with Gasteiger partial charge in [-0.2, -0.15) is 0 Å². The maximum atomic E-state index is 12.8. The van der Waals surface area contributed by atoms with E-state index in [0.29, 0.717) is 23.3 Å². The number of piperidine rings is 1. The standard InChI is InChI=1S/C23H31ClN4O3/c1-23(2,3)31-22(29)28-14-8-12-19(28)18-11-6-7-13-27(18)15-20-25-26-21(30-20)16-9-4-5-10-17(16)24/h4-5,9-10,18-19H,6-8,11-15H2,1-3H3/t18-,19+/m0/s1. The van der Waals surface area contributed by atoms with Crippen molar-refractivity contribution in [3.8, 4) is 11.5 Å². The molecule has 1 aromatic heterocycles. The van der Waals surface area contributed by atoms with Crippen LogP contribution in [0.2, 0.25) is 5.02 Å². The van der Waals surface area contributed by atoms with Gasteiger partial charge in [0, 0.05) is 12.6 Å². The highest BCUT2D eigenvalue weighted by Gasteiger charge is 2.40. The fourth-order valence-corrected chi connectivity index (χ4v) is 4.84. The Labute approximate surface area is 188 Å². The Morgan fingerprint density at radius 2 is 1.90 bits per heavy atom. The van der Waals surface area contributed by atoms with Gasteiger partial charge in [-0.25, -0.2) is 4.79 Å². The SMILES string of the molecule is CC(C)(C)OC(=O)N1CCC[C@@H]1[C@@H]1CCCCN1Cc1nnc(-c2ccccc2Cl)o1. The zero-order chi connectivity index (χ0) is 22.0. The number of likely N-dealkylation sites (tertiary alicyclic amines) is 2. The second-order valence-corrected chi connectivity index (χ2v) is 9.80. The minimum atomic E-state index is -0.491. The molecule has 0 bridgehead atoms. The smallest absolute Gasteiger partial charge is 0.410 e. The van der Waals surface area contributed by atoms with E-state index in [1.165, 1.54) is 0 Å². The summed E-state index contributed by atoms with van der Waals surface area (Å²) < 4.78 is 11.6. The fourth-order valence-electron chi connectivity index (χ4n) is 4.62. The van der Waals surface area contributed by atoms with Gasteiger partial charge in [-0.1, -0.05) is 30.2 Å². The van der Waals surface area contributed by atoms with Crippen LogP contribution in [-0.2, 0) is 11.3 Å². The van der Waals surface area contributed by atoms with Crippen LogP contribution in [-0.4, -0.2) is 56.9 Å². The first-order valence-corrected chi connectivity index (χ1v) is 11.5. The quantitative estimate of drug-likeness (QED) is 0.647. The average molecular weight is 447 g/mol. The van der Waals surface area contributed by atoms with Gasteiger partial charge >= 0.3 is 6.09 Å².